The molecule has 0 aliphatic rings. The second-order valence-corrected chi connectivity index (χ2v) is 3.18. The van der Waals surface area contributed by atoms with Crippen LogP contribution in [0.1, 0.15) is 0 Å². The Kier molecular flexibility index (Phi) is 5.88. The standard InChI is InChI=1S/C12H16O5/c1-14-7-8-16-12(13)9-17-11-5-3-10(15-2)4-6-11/h3-6H,7-9H2,1-2H3. The van der Waals surface area contributed by atoms with Crippen LogP contribution in [-0.2, 0) is 14.3 Å². The summed E-state index contributed by atoms with van der Waals surface area (Å²) in [6.07, 6.45) is 0. The van der Waals surface area contributed by atoms with Crippen LogP contribution >= 0.6 is 0 Å². The van der Waals surface area contributed by atoms with Crippen molar-refractivity contribution in [3.63, 3.8) is 0 Å². The predicted octanol–water partition coefficient (Wildman–Crippen LogP) is 1.26. The molecule has 0 spiro atoms. The van der Waals surface area contributed by atoms with Crippen molar-refractivity contribution in [3.05, 3.63) is 24.3 Å². The average molecular weight is 240 g/mol. The number of carbonyl (C=O) groups is 1. The molecular formula is C12H16O5. The molecule has 0 amide bonds. The zero-order chi connectivity index (χ0) is 12.5. The summed E-state index contributed by atoms with van der Waals surface area (Å²) < 4.78 is 19.8. The Morgan fingerprint density at radius 1 is 1.06 bits per heavy atom. The SMILES string of the molecule is COCCOC(=O)COc1ccc(OC)cc1. The van der Waals surface area contributed by atoms with E-state index in [4.69, 9.17) is 18.9 Å². The van der Waals surface area contributed by atoms with Gasteiger partial charge in [-0.15, -0.1) is 0 Å². The van der Waals surface area contributed by atoms with Crippen LogP contribution in [0.2, 0.25) is 0 Å². The van der Waals surface area contributed by atoms with Gasteiger partial charge in [-0.3, -0.25) is 0 Å². The molecule has 0 aliphatic heterocycles. The number of hydrogen-bond acceptors (Lipinski definition) is 5. The third kappa shape index (κ3) is 5.21. The van der Waals surface area contributed by atoms with E-state index in [-0.39, 0.29) is 13.2 Å². The average Bonchev–Trinajstić information content (AvgIpc) is 2.37. The van der Waals surface area contributed by atoms with Crippen molar-refractivity contribution < 1.29 is 23.7 Å². The minimum absolute atomic E-state index is 0.115. The Bertz CT molecular complexity index is 333. The van der Waals surface area contributed by atoms with Crippen LogP contribution in [0.15, 0.2) is 24.3 Å². The zero-order valence-corrected chi connectivity index (χ0v) is 9.97. The molecule has 0 atom stereocenters. The fraction of sp³-hybridized carbons (Fsp3) is 0.417. The number of carbonyl (C=O) groups excluding carboxylic acids is 1. The molecule has 0 heterocycles. The predicted molar refractivity (Wildman–Crippen MR) is 61.3 cm³/mol. The van der Waals surface area contributed by atoms with E-state index in [1.54, 1.807) is 38.5 Å². The highest BCUT2D eigenvalue weighted by atomic mass is 16.6. The molecule has 0 bridgehead atoms. The van der Waals surface area contributed by atoms with E-state index in [1.807, 2.05) is 0 Å². The van der Waals surface area contributed by atoms with Crippen molar-refractivity contribution in [1.29, 1.82) is 0 Å². The van der Waals surface area contributed by atoms with Gasteiger partial charge in [-0.2, -0.15) is 0 Å². The Morgan fingerprint density at radius 3 is 2.29 bits per heavy atom. The molecule has 0 unspecified atom stereocenters. The molecule has 0 aromatic heterocycles. The normalized spacial score (nSPS) is 9.76. The van der Waals surface area contributed by atoms with E-state index < -0.39 is 5.97 Å². The summed E-state index contributed by atoms with van der Waals surface area (Å²) in [5, 5.41) is 0. The van der Waals surface area contributed by atoms with Crippen molar-refractivity contribution in [2.75, 3.05) is 34.0 Å². The zero-order valence-electron chi connectivity index (χ0n) is 9.97. The number of hydrogen-bond donors (Lipinski definition) is 0. The maximum Gasteiger partial charge on any atom is 0.344 e. The maximum atomic E-state index is 11.2. The van der Waals surface area contributed by atoms with Crippen LogP contribution in [0, 0.1) is 0 Å². The number of benzene rings is 1. The van der Waals surface area contributed by atoms with Crippen molar-refractivity contribution in [3.8, 4) is 11.5 Å². The number of methoxy groups -OCH3 is 2. The van der Waals surface area contributed by atoms with E-state index in [2.05, 4.69) is 0 Å². The Balaban J connectivity index is 2.27. The monoisotopic (exact) mass is 240 g/mol. The highest BCUT2D eigenvalue weighted by molar-refractivity contribution is 5.71. The first-order chi connectivity index (χ1) is 8.26. The lowest BCUT2D eigenvalue weighted by Crippen LogP contribution is -2.17. The third-order valence-electron chi connectivity index (χ3n) is 1.97. The molecule has 1 aromatic carbocycles. The summed E-state index contributed by atoms with van der Waals surface area (Å²) in [5.74, 6) is 0.910. The van der Waals surface area contributed by atoms with Crippen LogP contribution in [0.5, 0.6) is 11.5 Å². The molecule has 5 heteroatoms. The second kappa shape index (κ2) is 7.51. The molecule has 0 saturated carbocycles. The van der Waals surface area contributed by atoms with Crippen LogP contribution in [0.4, 0.5) is 0 Å². The molecular weight excluding hydrogens is 224 g/mol. The van der Waals surface area contributed by atoms with Crippen molar-refractivity contribution in [2.24, 2.45) is 0 Å². The first-order valence-electron chi connectivity index (χ1n) is 5.17. The summed E-state index contributed by atoms with van der Waals surface area (Å²) in [5.41, 5.74) is 0. The molecule has 5 nitrogen and oxygen atoms in total. The minimum Gasteiger partial charge on any atom is -0.497 e. The van der Waals surface area contributed by atoms with Gasteiger partial charge in [0, 0.05) is 7.11 Å². The second-order valence-electron chi connectivity index (χ2n) is 3.18. The Labute approximate surface area is 100 Å². The van der Waals surface area contributed by atoms with Gasteiger partial charge >= 0.3 is 5.97 Å². The molecule has 17 heavy (non-hydrogen) atoms. The van der Waals surface area contributed by atoms with E-state index in [1.165, 1.54) is 0 Å². The van der Waals surface area contributed by atoms with Gasteiger partial charge in [0.05, 0.1) is 13.7 Å². The molecule has 0 fully saturated rings. The summed E-state index contributed by atoms with van der Waals surface area (Å²) in [6, 6.07) is 6.96. The van der Waals surface area contributed by atoms with Gasteiger partial charge in [0.2, 0.25) is 0 Å². The van der Waals surface area contributed by atoms with Gasteiger partial charge in [-0.25, -0.2) is 4.79 Å². The molecule has 94 valence electrons. The van der Waals surface area contributed by atoms with Crippen molar-refractivity contribution >= 4 is 5.97 Å². The molecule has 0 saturated heterocycles. The highest BCUT2D eigenvalue weighted by Gasteiger charge is 2.03. The lowest BCUT2D eigenvalue weighted by molar-refractivity contribution is -0.147. The van der Waals surface area contributed by atoms with E-state index in [0.717, 1.165) is 5.75 Å². The van der Waals surface area contributed by atoms with Gasteiger partial charge in [-0.1, -0.05) is 0 Å². The summed E-state index contributed by atoms with van der Waals surface area (Å²) in [7, 11) is 3.13. The van der Waals surface area contributed by atoms with Gasteiger partial charge < -0.3 is 18.9 Å². The van der Waals surface area contributed by atoms with E-state index in [0.29, 0.717) is 12.4 Å². The van der Waals surface area contributed by atoms with Crippen LogP contribution < -0.4 is 9.47 Å². The molecule has 1 rings (SSSR count). The fourth-order valence-electron chi connectivity index (χ4n) is 1.09. The number of rotatable bonds is 7. The smallest absolute Gasteiger partial charge is 0.344 e. The lowest BCUT2D eigenvalue weighted by Gasteiger charge is -2.07. The highest BCUT2D eigenvalue weighted by Crippen LogP contribution is 2.16. The maximum absolute atomic E-state index is 11.2. The number of esters is 1. The molecule has 0 N–H and O–H groups in total. The quantitative estimate of drug-likeness (QED) is 0.530. The Morgan fingerprint density at radius 2 is 1.71 bits per heavy atom. The van der Waals surface area contributed by atoms with Crippen molar-refractivity contribution in [1.82, 2.24) is 0 Å². The molecule has 1 aromatic rings. The van der Waals surface area contributed by atoms with Crippen LogP contribution in [0.25, 0.3) is 0 Å². The molecule has 0 aliphatic carbocycles. The number of ether oxygens (including phenoxy) is 4. The van der Waals surface area contributed by atoms with Gasteiger partial charge in [0.25, 0.3) is 0 Å². The van der Waals surface area contributed by atoms with Crippen LogP contribution in [-0.4, -0.2) is 40.0 Å². The van der Waals surface area contributed by atoms with Crippen LogP contribution in [0.3, 0.4) is 0 Å². The van der Waals surface area contributed by atoms with E-state index in [9.17, 15) is 4.79 Å². The molecule has 0 radical (unpaired) electrons. The first kappa shape index (κ1) is 13.3. The topological polar surface area (TPSA) is 54.0 Å². The van der Waals surface area contributed by atoms with Gasteiger partial charge in [0.15, 0.2) is 6.61 Å². The largest absolute Gasteiger partial charge is 0.497 e. The fourth-order valence-corrected chi connectivity index (χ4v) is 1.09. The van der Waals surface area contributed by atoms with E-state index >= 15 is 0 Å². The first-order valence-corrected chi connectivity index (χ1v) is 5.17. The lowest BCUT2D eigenvalue weighted by atomic mass is 10.3. The van der Waals surface area contributed by atoms with Crippen molar-refractivity contribution in [2.45, 2.75) is 0 Å². The Hall–Kier alpha value is -1.75. The summed E-state index contributed by atoms with van der Waals surface area (Å²) in [6.45, 7) is 0.506. The summed E-state index contributed by atoms with van der Waals surface area (Å²) in [4.78, 5) is 11.2. The summed E-state index contributed by atoms with van der Waals surface area (Å²) >= 11 is 0. The minimum atomic E-state index is -0.419. The van der Waals surface area contributed by atoms with Gasteiger partial charge in [-0.05, 0) is 24.3 Å². The third-order valence-corrected chi connectivity index (χ3v) is 1.97. The van der Waals surface area contributed by atoms with Gasteiger partial charge in [0.1, 0.15) is 18.1 Å².